The van der Waals surface area contributed by atoms with Crippen molar-refractivity contribution in [2.75, 3.05) is 11.4 Å². The van der Waals surface area contributed by atoms with Gasteiger partial charge in [0.15, 0.2) is 5.78 Å². The van der Waals surface area contributed by atoms with Crippen molar-refractivity contribution in [3.8, 4) is 5.75 Å². The first-order valence-corrected chi connectivity index (χ1v) is 10.4. The first kappa shape index (κ1) is 17.8. The van der Waals surface area contributed by atoms with Crippen LogP contribution < -0.4 is 9.04 Å². The summed E-state index contributed by atoms with van der Waals surface area (Å²) in [5, 5.41) is 0. The van der Waals surface area contributed by atoms with Gasteiger partial charge in [-0.1, -0.05) is 23.8 Å². The lowest BCUT2D eigenvalue weighted by Crippen LogP contribution is -2.49. The quantitative estimate of drug-likeness (QED) is 0.810. The number of Topliss-reactive ketones (excluding diaryl/α,β-unsaturated/α-hetero) is 1. The molecule has 1 aliphatic heterocycles. The minimum absolute atomic E-state index is 0.0512. The first-order chi connectivity index (χ1) is 12.9. The molecule has 1 heterocycles. The maximum absolute atomic E-state index is 13.5. The number of benzene rings is 2. The third-order valence-electron chi connectivity index (χ3n) is 5.17. The highest BCUT2D eigenvalue weighted by Gasteiger charge is 2.42. The van der Waals surface area contributed by atoms with Gasteiger partial charge in [0.25, 0.3) is 10.0 Å². The average Bonchev–Trinajstić information content (AvgIpc) is 2.66. The van der Waals surface area contributed by atoms with Crippen molar-refractivity contribution in [2.45, 2.75) is 37.1 Å². The van der Waals surface area contributed by atoms with Crippen molar-refractivity contribution in [1.82, 2.24) is 0 Å². The molecule has 1 saturated carbocycles. The van der Waals surface area contributed by atoms with Crippen LogP contribution >= 0.6 is 0 Å². The van der Waals surface area contributed by atoms with E-state index in [1.165, 1.54) is 4.31 Å². The van der Waals surface area contributed by atoms with Gasteiger partial charge in [-0.25, -0.2) is 8.42 Å². The number of anilines is 1. The smallest absolute Gasteiger partial charge is 0.265 e. The molecular formula is C21H21NO4S. The molecule has 2 aliphatic rings. The number of methoxy groups -OCH3 is 1. The Balaban J connectivity index is 1.92. The summed E-state index contributed by atoms with van der Waals surface area (Å²) in [4.78, 5) is 12.9. The topological polar surface area (TPSA) is 63.7 Å². The zero-order valence-electron chi connectivity index (χ0n) is 15.3. The van der Waals surface area contributed by atoms with Gasteiger partial charge in [0.2, 0.25) is 0 Å². The van der Waals surface area contributed by atoms with E-state index in [1.807, 2.05) is 19.1 Å². The van der Waals surface area contributed by atoms with Crippen LogP contribution in [-0.4, -0.2) is 27.4 Å². The summed E-state index contributed by atoms with van der Waals surface area (Å²) >= 11 is 0. The Kier molecular flexibility index (Phi) is 4.30. The monoisotopic (exact) mass is 383 g/mol. The number of aryl methyl sites for hydroxylation is 1. The Labute approximate surface area is 159 Å². The predicted octanol–water partition coefficient (Wildman–Crippen LogP) is 3.72. The van der Waals surface area contributed by atoms with E-state index in [9.17, 15) is 13.2 Å². The van der Waals surface area contributed by atoms with Crippen LogP contribution in [0, 0.1) is 6.92 Å². The molecule has 1 fully saturated rings. The molecule has 0 saturated heterocycles. The maximum atomic E-state index is 13.5. The largest absolute Gasteiger partial charge is 0.497 e. The average molecular weight is 383 g/mol. The van der Waals surface area contributed by atoms with Crippen LogP contribution in [0.5, 0.6) is 5.75 Å². The van der Waals surface area contributed by atoms with E-state index in [-0.39, 0.29) is 10.7 Å². The molecule has 0 amide bonds. The second kappa shape index (κ2) is 6.53. The highest BCUT2D eigenvalue weighted by atomic mass is 32.2. The number of carbonyl (C=O) groups is 1. The lowest BCUT2D eigenvalue weighted by molar-refractivity contribution is -0.120. The molecule has 0 aromatic heterocycles. The summed E-state index contributed by atoms with van der Waals surface area (Å²) < 4.78 is 33.7. The SMILES string of the molecule is COc1ccc2c(c1)C=C1CCCC(=O)C1N2S(=O)(=O)c1ccc(C)cc1. The third-order valence-corrected chi connectivity index (χ3v) is 6.96. The second-order valence-corrected chi connectivity index (χ2v) is 8.80. The van der Waals surface area contributed by atoms with Gasteiger partial charge in [0, 0.05) is 12.0 Å². The van der Waals surface area contributed by atoms with Crippen LogP contribution in [0.25, 0.3) is 6.08 Å². The van der Waals surface area contributed by atoms with E-state index in [4.69, 9.17) is 4.74 Å². The van der Waals surface area contributed by atoms with Gasteiger partial charge in [-0.2, -0.15) is 0 Å². The van der Waals surface area contributed by atoms with Gasteiger partial charge in [0.05, 0.1) is 17.7 Å². The summed E-state index contributed by atoms with van der Waals surface area (Å²) in [7, 11) is -2.31. The molecule has 140 valence electrons. The van der Waals surface area contributed by atoms with Crippen LogP contribution in [0.1, 0.15) is 30.4 Å². The number of nitrogens with zero attached hydrogens (tertiary/aromatic N) is 1. The summed E-state index contributed by atoms with van der Waals surface area (Å²) in [6.45, 7) is 1.91. The van der Waals surface area contributed by atoms with E-state index in [0.717, 1.165) is 23.1 Å². The molecule has 1 atom stereocenters. The minimum Gasteiger partial charge on any atom is -0.497 e. The fourth-order valence-electron chi connectivity index (χ4n) is 3.79. The van der Waals surface area contributed by atoms with Gasteiger partial charge in [0.1, 0.15) is 11.8 Å². The Hall–Kier alpha value is -2.60. The van der Waals surface area contributed by atoms with Gasteiger partial charge < -0.3 is 4.74 Å². The highest BCUT2D eigenvalue weighted by Crippen LogP contribution is 2.42. The van der Waals surface area contributed by atoms with Crippen molar-refractivity contribution in [2.24, 2.45) is 0 Å². The maximum Gasteiger partial charge on any atom is 0.265 e. The number of ketones is 1. The fourth-order valence-corrected chi connectivity index (χ4v) is 5.45. The Morgan fingerprint density at radius 1 is 1.07 bits per heavy atom. The van der Waals surface area contributed by atoms with Gasteiger partial charge >= 0.3 is 0 Å². The molecule has 27 heavy (non-hydrogen) atoms. The predicted molar refractivity (Wildman–Crippen MR) is 104 cm³/mol. The van der Waals surface area contributed by atoms with E-state index in [0.29, 0.717) is 24.3 Å². The number of hydrogen-bond donors (Lipinski definition) is 0. The standard InChI is InChI=1S/C21H21NO4S/c1-14-6-9-18(10-7-14)27(24,25)22-19-11-8-17(26-2)13-16(19)12-15-4-3-5-20(23)21(15)22/h6-13,21H,3-5H2,1-2H3. The molecule has 1 unspecified atom stereocenters. The zero-order chi connectivity index (χ0) is 19.2. The van der Waals surface area contributed by atoms with Crippen LogP contribution in [0.3, 0.4) is 0 Å². The molecule has 0 spiro atoms. The van der Waals surface area contributed by atoms with Crippen LogP contribution in [-0.2, 0) is 14.8 Å². The van der Waals surface area contributed by atoms with E-state index >= 15 is 0 Å². The van der Waals surface area contributed by atoms with Gasteiger partial charge in [-0.3, -0.25) is 9.10 Å². The second-order valence-electron chi connectivity index (χ2n) is 6.98. The molecule has 0 bridgehead atoms. The number of ether oxygens (including phenoxy) is 1. The Morgan fingerprint density at radius 3 is 2.52 bits per heavy atom. The molecule has 2 aromatic carbocycles. The van der Waals surface area contributed by atoms with Crippen molar-refractivity contribution in [1.29, 1.82) is 0 Å². The minimum atomic E-state index is -3.88. The van der Waals surface area contributed by atoms with Crippen molar-refractivity contribution in [3.05, 3.63) is 59.2 Å². The van der Waals surface area contributed by atoms with Gasteiger partial charge in [-0.05, 0) is 55.7 Å². The van der Waals surface area contributed by atoms with Crippen LogP contribution in [0.15, 0.2) is 52.9 Å². The fraction of sp³-hybridized carbons (Fsp3) is 0.286. The number of rotatable bonds is 3. The molecule has 0 N–H and O–H groups in total. The molecular weight excluding hydrogens is 362 g/mol. The molecule has 4 rings (SSSR count). The summed E-state index contributed by atoms with van der Waals surface area (Å²) in [5.41, 5.74) is 3.10. The van der Waals surface area contributed by atoms with Crippen molar-refractivity contribution < 1.29 is 17.9 Å². The summed E-state index contributed by atoms with van der Waals surface area (Å²) in [6, 6.07) is 11.2. The highest BCUT2D eigenvalue weighted by molar-refractivity contribution is 7.93. The number of sulfonamides is 1. The summed E-state index contributed by atoms with van der Waals surface area (Å²) in [6.07, 6.45) is 3.81. The lowest BCUT2D eigenvalue weighted by Gasteiger charge is -2.39. The van der Waals surface area contributed by atoms with Crippen LogP contribution in [0.4, 0.5) is 5.69 Å². The van der Waals surface area contributed by atoms with Crippen molar-refractivity contribution in [3.63, 3.8) is 0 Å². The lowest BCUT2D eigenvalue weighted by atomic mass is 9.85. The number of hydrogen-bond acceptors (Lipinski definition) is 4. The first-order valence-electron chi connectivity index (χ1n) is 8.94. The molecule has 0 radical (unpaired) electrons. The normalized spacial score (nSPS) is 19.2. The zero-order valence-corrected chi connectivity index (χ0v) is 16.1. The third kappa shape index (κ3) is 2.94. The summed E-state index contributed by atoms with van der Waals surface area (Å²) in [5.74, 6) is 0.600. The number of fused-ring (bicyclic) bond motifs is 2. The van der Waals surface area contributed by atoms with Crippen LogP contribution in [0.2, 0.25) is 0 Å². The molecule has 5 nitrogen and oxygen atoms in total. The Bertz CT molecular complexity index is 1040. The molecule has 2 aromatic rings. The van der Waals surface area contributed by atoms with E-state index in [2.05, 4.69) is 0 Å². The molecule has 6 heteroatoms. The molecule has 1 aliphatic carbocycles. The van der Waals surface area contributed by atoms with E-state index < -0.39 is 16.1 Å². The van der Waals surface area contributed by atoms with Crippen molar-refractivity contribution >= 4 is 27.6 Å². The van der Waals surface area contributed by atoms with Gasteiger partial charge in [-0.15, -0.1) is 0 Å². The number of carbonyl (C=O) groups excluding carboxylic acids is 1. The Morgan fingerprint density at radius 2 is 1.81 bits per heavy atom. The van der Waals surface area contributed by atoms with E-state index in [1.54, 1.807) is 43.5 Å².